The second-order valence-electron chi connectivity index (χ2n) is 8.83. The minimum absolute atomic E-state index is 0.0722. The predicted molar refractivity (Wildman–Crippen MR) is 143 cm³/mol. The third-order valence-corrected chi connectivity index (χ3v) is 7.79. The highest BCUT2D eigenvalue weighted by molar-refractivity contribution is 7.98. The van der Waals surface area contributed by atoms with Crippen molar-refractivity contribution in [2.24, 2.45) is 0 Å². The van der Waals surface area contributed by atoms with Crippen LogP contribution in [0.15, 0.2) is 63.0 Å². The van der Waals surface area contributed by atoms with Crippen molar-refractivity contribution in [3.05, 3.63) is 79.3 Å². The number of nitrogens with one attached hydrogen (secondary N) is 1. The number of hydrogen-bond acceptors (Lipinski definition) is 8. The summed E-state index contributed by atoms with van der Waals surface area (Å²) >= 11 is 14.1. The van der Waals surface area contributed by atoms with E-state index in [1.54, 1.807) is 16.7 Å². The van der Waals surface area contributed by atoms with Crippen LogP contribution >= 0.6 is 46.9 Å². The summed E-state index contributed by atoms with van der Waals surface area (Å²) in [5.41, 5.74) is 3.23. The fourth-order valence-corrected chi connectivity index (χ4v) is 5.55. The van der Waals surface area contributed by atoms with Gasteiger partial charge in [-0.25, -0.2) is 4.98 Å². The first-order chi connectivity index (χ1) is 16.7. The number of thiazole rings is 1. The van der Waals surface area contributed by atoms with Crippen LogP contribution in [0.3, 0.4) is 0 Å². The molecule has 0 fully saturated rings. The standard InChI is InChI=1S/C24H20ClN5O2S3/c1-24(2,3)14-6-4-13(5-7-14)19-26-17(32-29-19)12-34-22-27-20-18(21(31)28-22)35-23(33)30(20)16-10-8-15(25)9-11-16/h4-11H,12H2,1-3H3,(H,27,28,31). The van der Waals surface area contributed by atoms with Crippen LogP contribution in [-0.2, 0) is 11.2 Å². The number of halogens is 1. The molecule has 0 saturated carbocycles. The van der Waals surface area contributed by atoms with E-state index >= 15 is 0 Å². The van der Waals surface area contributed by atoms with E-state index in [9.17, 15) is 4.79 Å². The lowest BCUT2D eigenvalue weighted by Crippen LogP contribution is -2.10. The Morgan fingerprint density at radius 3 is 2.51 bits per heavy atom. The van der Waals surface area contributed by atoms with E-state index in [0.717, 1.165) is 11.3 Å². The molecule has 11 heteroatoms. The zero-order valence-corrected chi connectivity index (χ0v) is 22.2. The molecule has 3 heterocycles. The SMILES string of the molecule is CC(C)(C)c1ccc(-c2noc(CSc3nc4c(sc(=S)n4-c4ccc(Cl)cc4)c(=O)[nH]3)n2)cc1. The van der Waals surface area contributed by atoms with Crippen molar-refractivity contribution in [3.8, 4) is 17.1 Å². The van der Waals surface area contributed by atoms with E-state index in [4.69, 9.17) is 28.3 Å². The van der Waals surface area contributed by atoms with Crippen LogP contribution in [0.1, 0.15) is 32.2 Å². The van der Waals surface area contributed by atoms with Gasteiger partial charge in [0.15, 0.2) is 14.8 Å². The van der Waals surface area contributed by atoms with Crippen molar-refractivity contribution >= 4 is 57.3 Å². The molecule has 178 valence electrons. The van der Waals surface area contributed by atoms with Gasteiger partial charge in [-0.15, -0.1) is 0 Å². The Hall–Kier alpha value is -2.79. The highest BCUT2D eigenvalue weighted by Gasteiger charge is 2.17. The van der Waals surface area contributed by atoms with Crippen molar-refractivity contribution in [2.75, 3.05) is 0 Å². The number of aromatic nitrogens is 5. The molecule has 0 radical (unpaired) electrons. The second kappa shape index (κ2) is 9.34. The van der Waals surface area contributed by atoms with Gasteiger partial charge in [0.2, 0.25) is 11.7 Å². The molecular formula is C24H20ClN5O2S3. The number of benzene rings is 2. The Bertz CT molecular complexity index is 1630. The van der Waals surface area contributed by atoms with Gasteiger partial charge < -0.3 is 9.51 Å². The molecule has 0 aliphatic rings. The summed E-state index contributed by atoms with van der Waals surface area (Å²) in [6, 6.07) is 15.4. The van der Waals surface area contributed by atoms with E-state index in [1.807, 2.05) is 24.3 Å². The molecule has 0 spiro atoms. The van der Waals surface area contributed by atoms with E-state index in [2.05, 4.69) is 53.0 Å². The largest absolute Gasteiger partial charge is 0.338 e. The van der Waals surface area contributed by atoms with Gasteiger partial charge in [0.05, 0.1) is 5.75 Å². The van der Waals surface area contributed by atoms with Crippen molar-refractivity contribution in [2.45, 2.75) is 37.1 Å². The van der Waals surface area contributed by atoms with E-state index in [0.29, 0.717) is 41.9 Å². The lowest BCUT2D eigenvalue weighted by atomic mass is 9.87. The molecule has 0 amide bonds. The summed E-state index contributed by atoms with van der Waals surface area (Å²) in [5.74, 6) is 1.31. The highest BCUT2D eigenvalue weighted by atomic mass is 35.5. The average Bonchev–Trinajstić information content (AvgIpc) is 3.42. The van der Waals surface area contributed by atoms with Crippen molar-refractivity contribution in [3.63, 3.8) is 0 Å². The summed E-state index contributed by atoms with van der Waals surface area (Å²) in [6.07, 6.45) is 0. The Morgan fingerprint density at radius 1 is 1.11 bits per heavy atom. The molecular weight excluding hydrogens is 522 g/mol. The van der Waals surface area contributed by atoms with Gasteiger partial charge in [0.25, 0.3) is 5.56 Å². The van der Waals surface area contributed by atoms with Crippen LogP contribution in [0, 0.1) is 3.95 Å². The van der Waals surface area contributed by atoms with Gasteiger partial charge in [-0.1, -0.05) is 84.9 Å². The minimum atomic E-state index is -0.244. The van der Waals surface area contributed by atoms with Gasteiger partial charge in [-0.3, -0.25) is 9.36 Å². The molecule has 2 aromatic carbocycles. The smallest absolute Gasteiger partial charge is 0.271 e. The molecule has 7 nitrogen and oxygen atoms in total. The molecule has 5 rings (SSSR count). The van der Waals surface area contributed by atoms with Gasteiger partial charge in [0, 0.05) is 16.3 Å². The Labute approximate surface area is 219 Å². The zero-order valence-electron chi connectivity index (χ0n) is 19.0. The quantitative estimate of drug-likeness (QED) is 0.149. The summed E-state index contributed by atoms with van der Waals surface area (Å²) in [4.78, 5) is 24.7. The molecule has 3 aromatic heterocycles. The predicted octanol–water partition coefficient (Wildman–Crippen LogP) is 6.80. The fraction of sp³-hybridized carbons (Fsp3) is 0.208. The first-order valence-corrected chi connectivity index (χ1v) is 13.3. The maximum Gasteiger partial charge on any atom is 0.271 e. The van der Waals surface area contributed by atoms with Crippen molar-refractivity contribution in [1.82, 2.24) is 24.7 Å². The number of aromatic amines is 1. The van der Waals surface area contributed by atoms with E-state index in [1.165, 1.54) is 28.7 Å². The minimum Gasteiger partial charge on any atom is -0.338 e. The third-order valence-electron chi connectivity index (χ3n) is 5.32. The van der Waals surface area contributed by atoms with Gasteiger partial charge in [0.1, 0.15) is 4.70 Å². The maximum atomic E-state index is 12.7. The molecule has 0 unspecified atom stereocenters. The first kappa shape index (κ1) is 23.9. The third kappa shape index (κ3) is 4.97. The monoisotopic (exact) mass is 541 g/mol. The number of rotatable bonds is 5. The van der Waals surface area contributed by atoms with E-state index < -0.39 is 0 Å². The molecule has 0 saturated heterocycles. The second-order valence-corrected chi connectivity index (χ2v) is 11.9. The lowest BCUT2D eigenvalue weighted by Gasteiger charge is -2.18. The van der Waals surface area contributed by atoms with Crippen LogP contribution in [-0.4, -0.2) is 24.7 Å². The first-order valence-electron chi connectivity index (χ1n) is 10.7. The van der Waals surface area contributed by atoms with Crippen molar-refractivity contribution < 1.29 is 4.52 Å². The maximum absolute atomic E-state index is 12.7. The molecule has 0 aliphatic carbocycles. The van der Waals surface area contributed by atoms with Crippen LogP contribution in [0.25, 0.3) is 27.4 Å². The number of fused-ring (bicyclic) bond motifs is 1. The summed E-state index contributed by atoms with van der Waals surface area (Å²) in [7, 11) is 0. The molecule has 35 heavy (non-hydrogen) atoms. The van der Waals surface area contributed by atoms with Gasteiger partial charge in [-0.05, 0) is 47.5 Å². The van der Waals surface area contributed by atoms with Crippen LogP contribution in [0.4, 0.5) is 0 Å². The molecule has 1 N–H and O–H groups in total. The topological polar surface area (TPSA) is 89.6 Å². The lowest BCUT2D eigenvalue weighted by molar-refractivity contribution is 0.391. The molecule has 0 atom stereocenters. The van der Waals surface area contributed by atoms with Crippen LogP contribution < -0.4 is 5.56 Å². The number of hydrogen-bond donors (Lipinski definition) is 1. The zero-order chi connectivity index (χ0) is 24.7. The Balaban J connectivity index is 1.39. The highest BCUT2D eigenvalue weighted by Crippen LogP contribution is 2.28. The number of nitrogens with zero attached hydrogens (tertiary/aromatic N) is 4. The molecule has 5 aromatic rings. The van der Waals surface area contributed by atoms with Crippen LogP contribution in [0.2, 0.25) is 5.02 Å². The number of thioether (sulfide) groups is 1. The molecule has 0 bridgehead atoms. The van der Waals surface area contributed by atoms with E-state index in [-0.39, 0.29) is 11.0 Å². The molecule has 0 aliphatic heterocycles. The number of H-pyrrole nitrogens is 1. The Kier molecular flexibility index (Phi) is 6.39. The average molecular weight is 542 g/mol. The van der Waals surface area contributed by atoms with Gasteiger partial charge in [-0.2, -0.15) is 4.98 Å². The summed E-state index contributed by atoms with van der Waals surface area (Å²) in [6.45, 7) is 6.51. The Morgan fingerprint density at radius 2 is 1.83 bits per heavy atom. The van der Waals surface area contributed by atoms with Gasteiger partial charge >= 0.3 is 0 Å². The summed E-state index contributed by atoms with van der Waals surface area (Å²) in [5, 5.41) is 5.16. The normalized spacial score (nSPS) is 11.9. The summed E-state index contributed by atoms with van der Waals surface area (Å²) < 4.78 is 8.20. The van der Waals surface area contributed by atoms with Crippen LogP contribution in [0.5, 0.6) is 0 Å². The fourth-order valence-electron chi connectivity index (χ4n) is 3.46. The van der Waals surface area contributed by atoms with Crippen molar-refractivity contribution in [1.29, 1.82) is 0 Å².